The van der Waals surface area contributed by atoms with Crippen molar-refractivity contribution < 1.29 is 13.2 Å². The van der Waals surface area contributed by atoms with E-state index in [4.69, 9.17) is 0 Å². The molecule has 2 heterocycles. The first-order valence-corrected chi connectivity index (χ1v) is 6.09. The number of hydrogen-bond donors (Lipinski definition) is 1. The first-order chi connectivity index (χ1) is 9.40. The Morgan fingerprint density at radius 3 is 2.50 bits per heavy atom. The van der Waals surface area contributed by atoms with Gasteiger partial charge in [0.1, 0.15) is 0 Å². The van der Waals surface area contributed by atoms with Gasteiger partial charge in [-0.05, 0) is 25.2 Å². The van der Waals surface area contributed by atoms with E-state index < -0.39 is 11.7 Å². The molecule has 0 amide bonds. The van der Waals surface area contributed by atoms with Gasteiger partial charge in [-0.2, -0.15) is 18.3 Å². The lowest BCUT2D eigenvalue weighted by atomic mass is 10.1. The fraction of sp³-hybridized carbons (Fsp3) is 0.385. The molecule has 108 valence electrons. The second kappa shape index (κ2) is 5.62. The molecule has 0 saturated heterocycles. The number of nitrogens with zero attached hydrogens (tertiary/aromatic N) is 3. The van der Waals surface area contributed by atoms with Gasteiger partial charge in [0.25, 0.3) is 0 Å². The highest BCUT2D eigenvalue weighted by Crippen LogP contribution is 2.29. The van der Waals surface area contributed by atoms with Crippen LogP contribution in [0.25, 0.3) is 0 Å². The van der Waals surface area contributed by atoms with Crippen molar-refractivity contribution in [1.82, 2.24) is 20.1 Å². The van der Waals surface area contributed by atoms with Gasteiger partial charge in [0, 0.05) is 25.9 Å². The number of aryl methyl sites for hydroxylation is 1. The van der Waals surface area contributed by atoms with Gasteiger partial charge in [-0.3, -0.25) is 9.67 Å². The highest BCUT2D eigenvalue weighted by Gasteiger charge is 2.30. The molecule has 7 heteroatoms. The minimum Gasteiger partial charge on any atom is -0.311 e. The molecular weight excluding hydrogens is 269 g/mol. The molecule has 0 saturated carbocycles. The van der Waals surface area contributed by atoms with E-state index in [2.05, 4.69) is 15.4 Å². The van der Waals surface area contributed by atoms with Gasteiger partial charge in [0.05, 0.1) is 23.0 Å². The lowest BCUT2D eigenvalue weighted by Gasteiger charge is -2.15. The maximum Gasteiger partial charge on any atom is 0.417 e. The van der Waals surface area contributed by atoms with Crippen LogP contribution in [0.15, 0.2) is 30.6 Å². The SMILES string of the molecule is CNC(Cc1ccn(C)n1)c1ccc(C(F)(F)F)cn1. The summed E-state index contributed by atoms with van der Waals surface area (Å²) in [6.45, 7) is 0. The van der Waals surface area contributed by atoms with Gasteiger partial charge in [-0.15, -0.1) is 0 Å². The van der Waals surface area contributed by atoms with Crippen LogP contribution in [0.1, 0.15) is 23.0 Å². The fourth-order valence-electron chi connectivity index (χ4n) is 1.91. The summed E-state index contributed by atoms with van der Waals surface area (Å²) in [6, 6.07) is 4.14. The van der Waals surface area contributed by atoms with E-state index >= 15 is 0 Å². The Labute approximate surface area is 114 Å². The summed E-state index contributed by atoms with van der Waals surface area (Å²) in [5.74, 6) is 0. The second-order valence-electron chi connectivity index (χ2n) is 4.50. The van der Waals surface area contributed by atoms with Gasteiger partial charge in [0.15, 0.2) is 0 Å². The normalized spacial score (nSPS) is 13.4. The van der Waals surface area contributed by atoms with Gasteiger partial charge >= 0.3 is 6.18 Å². The fourth-order valence-corrected chi connectivity index (χ4v) is 1.91. The van der Waals surface area contributed by atoms with Gasteiger partial charge < -0.3 is 5.32 Å². The number of aromatic nitrogens is 3. The Bertz CT molecular complexity index is 560. The molecule has 1 atom stereocenters. The third-order valence-electron chi connectivity index (χ3n) is 3.00. The first-order valence-electron chi connectivity index (χ1n) is 6.09. The summed E-state index contributed by atoms with van der Waals surface area (Å²) in [6.07, 6.45) is -1.11. The molecule has 0 radical (unpaired) electrons. The van der Waals surface area contributed by atoms with Crippen molar-refractivity contribution >= 4 is 0 Å². The van der Waals surface area contributed by atoms with E-state index in [1.807, 2.05) is 19.3 Å². The van der Waals surface area contributed by atoms with E-state index in [1.54, 1.807) is 11.7 Å². The van der Waals surface area contributed by atoms with Crippen molar-refractivity contribution in [3.8, 4) is 0 Å². The minimum absolute atomic E-state index is 0.174. The number of rotatable bonds is 4. The van der Waals surface area contributed by atoms with Gasteiger partial charge in [-0.1, -0.05) is 0 Å². The third-order valence-corrected chi connectivity index (χ3v) is 3.00. The highest BCUT2D eigenvalue weighted by molar-refractivity contribution is 5.20. The summed E-state index contributed by atoms with van der Waals surface area (Å²) in [7, 11) is 3.56. The highest BCUT2D eigenvalue weighted by atomic mass is 19.4. The standard InChI is InChI=1S/C13H15F3N4/c1-17-12(7-10-5-6-20(2)19-10)11-4-3-9(8-18-11)13(14,15)16/h3-6,8,12,17H,7H2,1-2H3. The van der Waals surface area contributed by atoms with Crippen molar-refractivity contribution in [1.29, 1.82) is 0 Å². The summed E-state index contributed by atoms with van der Waals surface area (Å²) >= 11 is 0. The maximum absolute atomic E-state index is 12.5. The van der Waals surface area contributed by atoms with Crippen molar-refractivity contribution in [2.75, 3.05) is 7.05 Å². The Hall–Kier alpha value is -1.89. The Kier molecular flexibility index (Phi) is 4.08. The van der Waals surface area contributed by atoms with E-state index in [0.29, 0.717) is 12.1 Å². The zero-order valence-electron chi connectivity index (χ0n) is 11.1. The number of halogens is 3. The van der Waals surface area contributed by atoms with Crippen LogP contribution in [0, 0.1) is 0 Å². The Morgan fingerprint density at radius 2 is 2.05 bits per heavy atom. The molecule has 4 nitrogen and oxygen atoms in total. The minimum atomic E-state index is -4.36. The van der Waals surface area contributed by atoms with Crippen molar-refractivity contribution in [3.63, 3.8) is 0 Å². The van der Waals surface area contributed by atoms with Crippen LogP contribution < -0.4 is 5.32 Å². The van der Waals surface area contributed by atoms with E-state index in [1.165, 1.54) is 6.07 Å². The predicted octanol–water partition coefficient (Wildman–Crippen LogP) is 2.34. The van der Waals surface area contributed by atoms with Crippen LogP contribution in [-0.2, 0) is 19.6 Å². The molecular formula is C13H15F3N4. The Balaban J connectivity index is 2.15. The molecule has 1 N–H and O–H groups in total. The molecule has 0 aliphatic rings. The topological polar surface area (TPSA) is 42.7 Å². The summed E-state index contributed by atoms with van der Waals surface area (Å²) in [4.78, 5) is 3.90. The lowest BCUT2D eigenvalue weighted by Crippen LogP contribution is -2.20. The zero-order valence-corrected chi connectivity index (χ0v) is 11.1. The molecule has 0 bridgehead atoms. The largest absolute Gasteiger partial charge is 0.417 e. The van der Waals surface area contributed by atoms with E-state index in [9.17, 15) is 13.2 Å². The summed E-state index contributed by atoms with van der Waals surface area (Å²) < 4.78 is 39.1. The molecule has 0 fully saturated rings. The number of hydrogen-bond acceptors (Lipinski definition) is 3. The van der Waals surface area contributed by atoms with Crippen LogP contribution in [0.4, 0.5) is 13.2 Å². The average Bonchev–Trinajstić information content (AvgIpc) is 2.81. The van der Waals surface area contributed by atoms with Gasteiger partial charge in [-0.25, -0.2) is 0 Å². The van der Waals surface area contributed by atoms with Gasteiger partial charge in [0.2, 0.25) is 0 Å². The van der Waals surface area contributed by atoms with Crippen molar-refractivity contribution in [2.24, 2.45) is 7.05 Å². The van der Waals surface area contributed by atoms with Crippen molar-refractivity contribution in [2.45, 2.75) is 18.6 Å². The molecule has 1 unspecified atom stereocenters. The number of likely N-dealkylation sites (N-methyl/N-ethyl adjacent to an activating group) is 1. The van der Waals surface area contributed by atoms with Crippen LogP contribution in [0.5, 0.6) is 0 Å². The zero-order chi connectivity index (χ0) is 14.8. The summed E-state index contributed by atoms with van der Waals surface area (Å²) in [5.41, 5.74) is 0.675. The molecule has 0 aliphatic heterocycles. The molecule has 2 aromatic rings. The predicted molar refractivity (Wildman–Crippen MR) is 68.0 cm³/mol. The Morgan fingerprint density at radius 1 is 1.30 bits per heavy atom. The van der Waals surface area contributed by atoms with E-state index in [0.717, 1.165) is 18.0 Å². The number of alkyl halides is 3. The van der Waals surface area contributed by atoms with Crippen LogP contribution >= 0.6 is 0 Å². The molecule has 0 aliphatic carbocycles. The molecule has 20 heavy (non-hydrogen) atoms. The molecule has 2 rings (SSSR count). The van der Waals surface area contributed by atoms with E-state index in [-0.39, 0.29) is 6.04 Å². The molecule has 0 aromatic carbocycles. The maximum atomic E-state index is 12.5. The number of nitrogens with one attached hydrogen (secondary N) is 1. The average molecular weight is 284 g/mol. The summed E-state index contributed by atoms with van der Waals surface area (Å²) in [5, 5.41) is 7.29. The van der Waals surface area contributed by atoms with Crippen LogP contribution in [0.3, 0.4) is 0 Å². The third kappa shape index (κ3) is 3.36. The second-order valence-corrected chi connectivity index (χ2v) is 4.50. The molecule has 0 spiro atoms. The van der Waals surface area contributed by atoms with Crippen molar-refractivity contribution in [3.05, 3.63) is 47.5 Å². The number of pyridine rings is 1. The monoisotopic (exact) mass is 284 g/mol. The first kappa shape index (κ1) is 14.5. The van der Waals surface area contributed by atoms with Crippen LogP contribution in [-0.4, -0.2) is 21.8 Å². The molecule has 2 aromatic heterocycles. The lowest BCUT2D eigenvalue weighted by molar-refractivity contribution is -0.137. The van der Waals surface area contributed by atoms with Crippen LogP contribution in [0.2, 0.25) is 0 Å². The quantitative estimate of drug-likeness (QED) is 0.937. The smallest absolute Gasteiger partial charge is 0.311 e.